The van der Waals surface area contributed by atoms with Gasteiger partial charge in [0.05, 0.1) is 10.6 Å². The van der Waals surface area contributed by atoms with Crippen molar-refractivity contribution in [3.8, 4) is 11.3 Å². The highest BCUT2D eigenvalue weighted by molar-refractivity contribution is 5.76. The predicted octanol–water partition coefficient (Wildman–Crippen LogP) is 1.44. The van der Waals surface area contributed by atoms with Crippen LogP contribution in [-0.2, 0) is 11.3 Å². The fraction of sp³-hybridized carbons (Fsp3) is 0.312. The van der Waals surface area contributed by atoms with Crippen LogP contribution >= 0.6 is 0 Å². The normalized spacial score (nSPS) is 13.9. The monoisotopic (exact) mass is 328 g/mol. The third-order valence-corrected chi connectivity index (χ3v) is 3.98. The van der Waals surface area contributed by atoms with Gasteiger partial charge in [0.15, 0.2) is 0 Å². The number of likely N-dealkylation sites (tertiary alicyclic amines) is 1. The first-order valence-electron chi connectivity index (χ1n) is 7.65. The summed E-state index contributed by atoms with van der Waals surface area (Å²) in [4.78, 5) is 36.1. The Morgan fingerprint density at radius 1 is 1.12 bits per heavy atom. The number of hydrogen-bond donors (Lipinski definition) is 0. The van der Waals surface area contributed by atoms with Crippen LogP contribution in [0, 0.1) is 10.1 Å². The maximum Gasteiger partial charge on any atom is 0.269 e. The van der Waals surface area contributed by atoms with Crippen LogP contribution in [0.15, 0.2) is 41.2 Å². The average molecular weight is 328 g/mol. The number of hydrogen-bond acceptors (Lipinski definition) is 5. The first kappa shape index (κ1) is 15.9. The molecule has 0 aliphatic carbocycles. The summed E-state index contributed by atoms with van der Waals surface area (Å²) in [6.45, 7) is 1.34. The van der Waals surface area contributed by atoms with Crippen LogP contribution in [0.3, 0.4) is 0 Å². The summed E-state index contributed by atoms with van der Waals surface area (Å²) in [6, 6.07) is 8.78. The van der Waals surface area contributed by atoms with Gasteiger partial charge >= 0.3 is 0 Å². The summed E-state index contributed by atoms with van der Waals surface area (Å²) in [5, 5.41) is 14.9. The van der Waals surface area contributed by atoms with Gasteiger partial charge in [-0.1, -0.05) is 0 Å². The second kappa shape index (κ2) is 6.61. The zero-order valence-electron chi connectivity index (χ0n) is 12.9. The lowest BCUT2D eigenvalue weighted by atomic mass is 10.1. The number of rotatable bonds is 4. The second-order valence-electron chi connectivity index (χ2n) is 5.61. The van der Waals surface area contributed by atoms with Crippen LogP contribution in [-0.4, -0.2) is 38.6 Å². The van der Waals surface area contributed by atoms with E-state index < -0.39 is 4.92 Å². The van der Waals surface area contributed by atoms with Gasteiger partial charge in [-0.3, -0.25) is 19.7 Å². The number of nitrogens with zero attached hydrogens (tertiary/aromatic N) is 4. The van der Waals surface area contributed by atoms with E-state index in [0.29, 0.717) is 11.3 Å². The zero-order chi connectivity index (χ0) is 17.1. The number of aromatic nitrogens is 2. The lowest BCUT2D eigenvalue weighted by Gasteiger charge is -2.15. The zero-order valence-corrected chi connectivity index (χ0v) is 12.9. The molecule has 8 nitrogen and oxygen atoms in total. The highest BCUT2D eigenvalue weighted by Crippen LogP contribution is 2.19. The van der Waals surface area contributed by atoms with Gasteiger partial charge in [-0.25, -0.2) is 4.68 Å². The number of non-ortho nitro benzene ring substituents is 1. The number of nitro groups is 1. The fourth-order valence-corrected chi connectivity index (χ4v) is 2.66. The quantitative estimate of drug-likeness (QED) is 0.625. The number of amides is 1. The van der Waals surface area contributed by atoms with Gasteiger partial charge in [-0.2, -0.15) is 5.10 Å². The Kier molecular flexibility index (Phi) is 4.37. The van der Waals surface area contributed by atoms with E-state index in [1.165, 1.54) is 18.2 Å². The van der Waals surface area contributed by atoms with Crippen LogP contribution in [0.4, 0.5) is 5.69 Å². The molecular formula is C16H16N4O4. The Morgan fingerprint density at radius 2 is 1.79 bits per heavy atom. The van der Waals surface area contributed by atoms with E-state index in [1.54, 1.807) is 23.1 Å². The molecule has 1 aliphatic heterocycles. The molecule has 24 heavy (non-hydrogen) atoms. The Balaban J connectivity index is 1.84. The van der Waals surface area contributed by atoms with Crippen LogP contribution in [0.2, 0.25) is 0 Å². The summed E-state index contributed by atoms with van der Waals surface area (Å²) >= 11 is 0. The van der Waals surface area contributed by atoms with Gasteiger partial charge < -0.3 is 4.90 Å². The molecule has 1 aliphatic rings. The van der Waals surface area contributed by atoms with E-state index in [2.05, 4.69) is 5.10 Å². The van der Waals surface area contributed by atoms with E-state index >= 15 is 0 Å². The SMILES string of the molecule is O=C(Cn1nc(-c2ccc([N+](=O)[O-])cc2)ccc1=O)N1CCCC1. The summed E-state index contributed by atoms with van der Waals surface area (Å²) in [5.41, 5.74) is 0.756. The van der Waals surface area contributed by atoms with Crippen molar-refractivity contribution in [2.45, 2.75) is 19.4 Å². The Labute approximate surface area is 137 Å². The molecule has 8 heteroatoms. The molecule has 124 valence electrons. The van der Waals surface area contributed by atoms with E-state index in [0.717, 1.165) is 30.6 Å². The fourth-order valence-electron chi connectivity index (χ4n) is 2.66. The van der Waals surface area contributed by atoms with Gasteiger partial charge in [0.1, 0.15) is 6.54 Å². The first-order valence-corrected chi connectivity index (χ1v) is 7.65. The van der Waals surface area contributed by atoms with Crippen molar-refractivity contribution >= 4 is 11.6 Å². The molecule has 2 heterocycles. The van der Waals surface area contributed by atoms with Gasteiger partial charge in [-0.15, -0.1) is 0 Å². The second-order valence-corrected chi connectivity index (χ2v) is 5.61. The van der Waals surface area contributed by atoms with Gasteiger partial charge in [0, 0.05) is 36.9 Å². The van der Waals surface area contributed by atoms with Crippen molar-refractivity contribution in [2.75, 3.05) is 13.1 Å². The van der Waals surface area contributed by atoms with Crippen LogP contribution in [0.25, 0.3) is 11.3 Å². The number of nitro benzene ring substituents is 1. The predicted molar refractivity (Wildman–Crippen MR) is 86.4 cm³/mol. The maximum atomic E-state index is 12.2. The number of benzene rings is 1. The van der Waals surface area contributed by atoms with Crippen LogP contribution < -0.4 is 5.56 Å². The average Bonchev–Trinajstić information content (AvgIpc) is 3.11. The third kappa shape index (κ3) is 3.32. The van der Waals surface area contributed by atoms with E-state index in [1.807, 2.05) is 0 Å². The van der Waals surface area contributed by atoms with Crippen molar-refractivity contribution in [2.24, 2.45) is 0 Å². The standard InChI is InChI=1S/C16H16N4O4/c21-15-8-7-14(12-3-5-13(6-4-12)20(23)24)17-19(15)11-16(22)18-9-1-2-10-18/h3-8H,1-2,9-11H2. The van der Waals surface area contributed by atoms with Crippen molar-refractivity contribution in [3.05, 3.63) is 56.9 Å². The molecule has 0 radical (unpaired) electrons. The molecule has 0 spiro atoms. The first-order chi connectivity index (χ1) is 11.5. The van der Waals surface area contributed by atoms with Gasteiger partial charge in [0.25, 0.3) is 11.2 Å². The molecule has 0 atom stereocenters. The topological polar surface area (TPSA) is 98.3 Å². The molecule has 0 N–H and O–H groups in total. The molecule has 1 amide bonds. The molecule has 2 aromatic rings. The van der Waals surface area contributed by atoms with Crippen LogP contribution in [0.1, 0.15) is 12.8 Å². The number of carbonyl (C=O) groups is 1. The molecule has 3 rings (SSSR count). The summed E-state index contributed by atoms with van der Waals surface area (Å²) in [5.74, 6) is -0.122. The molecule has 0 saturated carbocycles. The van der Waals surface area contributed by atoms with Gasteiger partial charge in [0.2, 0.25) is 5.91 Å². The molecule has 1 saturated heterocycles. The van der Waals surface area contributed by atoms with Crippen molar-refractivity contribution in [1.82, 2.24) is 14.7 Å². The van der Waals surface area contributed by atoms with Crippen molar-refractivity contribution < 1.29 is 9.72 Å². The Morgan fingerprint density at radius 3 is 2.42 bits per heavy atom. The van der Waals surface area contributed by atoms with Crippen molar-refractivity contribution in [3.63, 3.8) is 0 Å². The molecule has 0 bridgehead atoms. The highest BCUT2D eigenvalue weighted by Gasteiger charge is 2.19. The van der Waals surface area contributed by atoms with E-state index in [4.69, 9.17) is 0 Å². The van der Waals surface area contributed by atoms with E-state index in [9.17, 15) is 19.7 Å². The lowest BCUT2D eigenvalue weighted by Crippen LogP contribution is -2.35. The smallest absolute Gasteiger partial charge is 0.269 e. The molecular weight excluding hydrogens is 312 g/mol. The summed E-state index contributed by atoms with van der Waals surface area (Å²) in [7, 11) is 0. The summed E-state index contributed by atoms with van der Waals surface area (Å²) in [6.07, 6.45) is 1.97. The summed E-state index contributed by atoms with van der Waals surface area (Å²) < 4.78 is 1.14. The molecule has 1 fully saturated rings. The van der Waals surface area contributed by atoms with Crippen molar-refractivity contribution in [1.29, 1.82) is 0 Å². The largest absolute Gasteiger partial charge is 0.341 e. The molecule has 1 aromatic heterocycles. The minimum absolute atomic E-state index is 0.0173. The Bertz CT molecular complexity index is 823. The molecule has 1 aromatic carbocycles. The Hall–Kier alpha value is -3.03. The number of carbonyl (C=O) groups excluding carboxylic acids is 1. The van der Waals surface area contributed by atoms with E-state index in [-0.39, 0.29) is 23.7 Å². The van der Waals surface area contributed by atoms with Crippen LogP contribution in [0.5, 0.6) is 0 Å². The maximum absolute atomic E-state index is 12.2. The van der Waals surface area contributed by atoms with Gasteiger partial charge in [-0.05, 0) is 31.0 Å². The minimum Gasteiger partial charge on any atom is -0.341 e. The lowest BCUT2D eigenvalue weighted by molar-refractivity contribution is -0.384. The highest BCUT2D eigenvalue weighted by atomic mass is 16.6. The molecule has 0 unspecified atom stereocenters. The third-order valence-electron chi connectivity index (χ3n) is 3.98. The minimum atomic E-state index is -0.479.